The van der Waals surface area contributed by atoms with Crippen LogP contribution in [0.1, 0.15) is 29.5 Å². The number of piperidine rings is 1. The first kappa shape index (κ1) is 16.3. The van der Waals surface area contributed by atoms with Gasteiger partial charge in [0.25, 0.3) is 0 Å². The van der Waals surface area contributed by atoms with Crippen molar-refractivity contribution >= 4 is 11.8 Å². The number of rotatable bonds is 4. The zero-order chi connectivity index (χ0) is 16.3. The monoisotopic (exact) mass is 304 g/mol. The first-order chi connectivity index (χ1) is 10.4. The molecule has 120 valence electrons. The second kappa shape index (κ2) is 6.81. The van der Waals surface area contributed by atoms with Crippen molar-refractivity contribution in [3.63, 3.8) is 0 Å². The molecule has 0 radical (unpaired) electrons. The molecule has 0 aliphatic carbocycles. The summed E-state index contributed by atoms with van der Waals surface area (Å²) in [5, 5.41) is 0. The fourth-order valence-electron chi connectivity index (χ4n) is 2.95. The van der Waals surface area contributed by atoms with Crippen LogP contribution in [0.5, 0.6) is 5.75 Å². The van der Waals surface area contributed by atoms with E-state index in [0.29, 0.717) is 32.4 Å². The molecule has 5 nitrogen and oxygen atoms in total. The van der Waals surface area contributed by atoms with E-state index in [9.17, 15) is 9.59 Å². The van der Waals surface area contributed by atoms with E-state index < -0.39 is 0 Å². The lowest BCUT2D eigenvalue weighted by Gasteiger charge is -2.30. The minimum atomic E-state index is -0.256. The van der Waals surface area contributed by atoms with E-state index in [4.69, 9.17) is 10.5 Å². The largest absolute Gasteiger partial charge is 0.496 e. The number of carbonyl (C=O) groups excluding carboxylic acids is 2. The molecule has 2 amide bonds. The van der Waals surface area contributed by atoms with Crippen molar-refractivity contribution in [3.8, 4) is 5.75 Å². The van der Waals surface area contributed by atoms with Gasteiger partial charge in [-0.3, -0.25) is 9.59 Å². The van der Waals surface area contributed by atoms with E-state index in [0.717, 1.165) is 22.4 Å². The van der Waals surface area contributed by atoms with Crippen LogP contribution < -0.4 is 10.5 Å². The lowest BCUT2D eigenvalue weighted by atomic mass is 9.95. The van der Waals surface area contributed by atoms with Crippen LogP contribution in [0.25, 0.3) is 0 Å². The summed E-state index contributed by atoms with van der Waals surface area (Å²) in [6, 6.07) is 3.86. The Morgan fingerprint density at radius 2 is 1.86 bits per heavy atom. The quantitative estimate of drug-likeness (QED) is 0.918. The summed E-state index contributed by atoms with van der Waals surface area (Å²) < 4.78 is 5.30. The number of nitrogens with two attached hydrogens (primary N) is 1. The summed E-state index contributed by atoms with van der Waals surface area (Å²) >= 11 is 0. The lowest BCUT2D eigenvalue weighted by Crippen LogP contribution is -2.42. The van der Waals surface area contributed by atoms with Gasteiger partial charge in [0.05, 0.1) is 13.5 Å². The summed E-state index contributed by atoms with van der Waals surface area (Å²) in [5.41, 5.74) is 8.52. The van der Waals surface area contributed by atoms with Gasteiger partial charge in [0, 0.05) is 19.0 Å². The maximum atomic E-state index is 12.4. The zero-order valence-corrected chi connectivity index (χ0v) is 13.5. The molecule has 0 aromatic heterocycles. The second-order valence-electron chi connectivity index (χ2n) is 5.91. The summed E-state index contributed by atoms with van der Waals surface area (Å²) in [4.78, 5) is 25.4. The fraction of sp³-hybridized carbons (Fsp3) is 0.529. The topological polar surface area (TPSA) is 72.6 Å². The van der Waals surface area contributed by atoms with Crippen molar-refractivity contribution < 1.29 is 14.3 Å². The predicted octanol–water partition coefficient (Wildman–Crippen LogP) is 1.58. The average molecular weight is 304 g/mol. The van der Waals surface area contributed by atoms with Crippen LogP contribution in [0, 0.1) is 19.8 Å². The van der Waals surface area contributed by atoms with Gasteiger partial charge in [0.2, 0.25) is 11.8 Å². The molecule has 0 bridgehead atoms. The van der Waals surface area contributed by atoms with Gasteiger partial charge in [-0.15, -0.1) is 0 Å². The second-order valence-corrected chi connectivity index (χ2v) is 5.91. The molecular weight excluding hydrogens is 280 g/mol. The van der Waals surface area contributed by atoms with E-state index in [1.54, 1.807) is 7.11 Å². The van der Waals surface area contributed by atoms with Gasteiger partial charge in [0.1, 0.15) is 5.75 Å². The van der Waals surface area contributed by atoms with Gasteiger partial charge in [-0.05, 0) is 49.4 Å². The van der Waals surface area contributed by atoms with Crippen molar-refractivity contribution in [2.75, 3.05) is 20.2 Å². The number of methoxy groups -OCH3 is 1. The number of nitrogens with zero attached hydrogens (tertiary/aromatic N) is 1. The molecule has 22 heavy (non-hydrogen) atoms. The van der Waals surface area contributed by atoms with Crippen LogP contribution in [0.3, 0.4) is 0 Å². The highest BCUT2D eigenvalue weighted by Gasteiger charge is 2.26. The molecule has 0 saturated carbocycles. The first-order valence-electron chi connectivity index (χ1n) is 7.64. The molecule has 1 aliphatic heterocycles. The Morgan fingerprint density at radius 1 is 1.23 bits per heavy atom. The van der Waals surface area contributed by atoms with Crippen LogP contribution in [0.15, 0.2) is 12.1 Å². The molecule has 2 N–H and O–H groups in total. The Morgan fingerprint density at radius 3 is 2.41 bits per heavy atom. The maximum absolute atomic E-state index is 12.4. The van der Waals surface area contributed by atoms with Crippen molar-refractivity contribution in [2.45, 2.75) is 33.1 Å². The Kier molecular flexibility index (Phi) is 5.06. The smallest absolute Gasteiger partial charge is 0.227 e. The predicted molar refractivity (Wildman–Crippen MR) is 84.7 cm³/mol. The van der Waals surface area contributed by atoms with E-state index in [2.05, 4.69) is 0 Å². The van der Waals surface area contributed by atoms with Crippen LogP contribution in [-0.2, 0) is 16.0 Å². The van der Waals surface area contributed by atoms with E-state index in [-0.39, 0.29) is 17.7 Å². The number of amides is 2. The minimum Gasteiger partial charge on any atom is -0.496 e. The highest BCUT2D eigenvalue weighted by Crippen LogP contribution is 2.25. The van der Waals surface area contributed by atoms with Crippen LogP contribution in [-0.4, -0.2) is 36.9 Å². The third-order valence-corrected chi connectivity index (χ3v) is 4.66. The maximum Gasteiger partial charge on any atom is 0.227 e. The number of ether oxygens (including phenoxy) is 1. The molecule has 1 aromatic rings. The Hall–Kier alpha value is -2.04. The molecule has 5 heteroatoms. The number of hydrogen-bond acceptors (Lipinski definition) is 3. The number of benzene rings is 1. The number of hydrogen-bond donors (Lipinski definition) is 1. The molecule has 0 atom stereocenters. The molecule has 1 aliphatic rings. The van der Waals surface area contributed by atoms with E-state index >= 15 is 0 Å². The molecule has 1 fully saturated rings. The SMILES string of the molecule is COc1ccc(CC(=O)N2CCC(C(N)=O)CC2)c(C)c1C. The third-order valence-electron chi connectivity index (χ3n) is 4.66. The van der Waals surface area contributed by atoms with Crippen LogP contribution in [0.2, 0.25) is 0 Å². The minimum absolute atomic E-state index is 0.0889. The highest BCUT2D eigenvalue weighted by atomic mass is 16.5. The summed E-state index contributed by atoms with van der Waals surface area (Å²) in [7, 11) is 1.65. The number of primary amides is 1. The van der Waals surface area contributed by atoms with Crippen molar-refractivity contribution in [3.05, 3.63) is 28.8 Å². The van der Waals surface area contributed by atoms with Gasteiger partial charge in [-0.1, -0.05) is 6.07 Å². The molecular formula is C17H24N2O3. The van der Waals surface area contributed by atoms with E-state index in [1.165, 1.54) is 0 Å². The lowest BCUT2D eigenvalue weighted by molar-refractivity contribution is -0.134. The molecule has 1 saturated heterocycles. The summed E-state index contributed by atoms with van der Waals surface area (Å²) in [6.07, 6.45) is 1.72. The molecule has 0 spiro atoms. The number of likely N-dealkylation sites (tertiary alicyclic amines) is 1. The van der Waals surface area contributed by atoms with Crippen molar-refractivity contribution in [1.82, 2.24) is 4.90 Å². The van der Waals surface area contributed by atoms with Crippen LogP contribution in [0.4, 0.5) is 0 Å². The molecule has 2 rings (SSSR count). The Labute approximate surface area is 131 Å². The summed E-state index contributed by atoms with van der Waals surface area (Å²) in [6.45, 7) is 5.24. The van der Waals surface area contributed by atoms with Gasteiger partial charge < -0.3 is 15.4 Å². The normalized spacial score (nSPS) is 15.7. The molecule has 1 heterocycles. The Balaban J connectivity index is 2.01. The van der Waals surface area contributed by atoms with Crippen LogP contribution >= 0.6 is 0 Å². The highest BCUT2D eigenvalue weighted by molar-refractivity contribution is 5.80. The van der Waals surface area contributed by atoms with Gasteiger partial charge in [-0.25, -0.2) is 0 Å². The zero-order valence-electron chi connectivity index (χ0n) is 13.5. The van der Waals surface area contributed by atoms with Gasteiger partial charge in [-0.2, -0.15) is 0 Å². The molecule has 1 aromatic carbocycles. The van der Waals surface area contributed by atoms with E-state index in [1.807, 2.05) is 30.9 Å². The van der Waals surface area contributed by atoms with Gasteiger partial charge >= 0.3 is 0 Å². The van der Waals surface area contributed by atoms with Gasteiger partial charge in [0.15, 0.2) is 0 Å². The first-order valence-corrected chi connectivity index (χ1v) is 7.64. The fourth-order valence-corrected chi connectivity index (χ4v) is 2.95. The Bertz CT molecular complexity index is 576. The number of carbonyl (C=O) groups is 2. The summed E-state index contributed by atoms with van der Waals surface area (Å²) in [5.74, 6) is 0.606. The standard InChI is InChI=1S/C17H24N2O3/c1-11-12(2)15(22-3)5-4-14(11)10-16(20)19-8-6-13(7-9-19)17(18)21/h4-5,13H,6-10H2,1-3H3,(H2,18,21). The van der Waals surface area contributed by atoms with Crippen molar-refractivity contribution in [1.29, 1.82) is 0 Å². The molecule has 0 unspecified atom stereocenters. The van der Waals surface area contributed by atoms with Crippen molar-refractivity contribution in [2.24, 2.45) is 11.7 Å². The average Bonchev–Trinajstić information content (AvgIpc) is 2.52. The third kappa shape index (κ3) is 3.40.